The number of H-pyrrole nitrogens is 1. The van der Waals surface area contributed by atoms with Crippen molar-refractivity contribution in [1.82, 2.24) is 20.6 Å². The Morgan fingerprint density at radius 3 is 3.14 bits per heavy atom. The second-order valence-electron chi connectivity index (χ2n) is 2.61. The van der Waals surface area contributed by atoms with E-state index in [9.17, 15) is 9.59 Å². The van der Waals surface area contributed by atoms with Crippen LogP contribution in [-0.4, -0.2) is 35.3 Å². The summed E-state index contributed by atoms with van der Waals surface area (Å²) < 4.78 is 0. The van der Waals surface area contributed by atoms with Crippen molar-refractivity contribution in [3.05, 3.63) is 18.2 Å². The van der Waals surface area contributed by atoms with Gasteiger partial charge in [-0.25, -0.2) is 4.98 Å². The van der Waals surface area contributed by atoms with Gasteiger partial charge in [0.2, 0.25) is 5.91 Å². The smallest absolute Gasteiger partial charge is 0.234 e. The van der Waals surface area contributed by atoms with Crippen LogP contribution in [0.15, 0.2) is 12.4 Å². The number of nitrogens with one attached hydrogen (secondary N) is 3. The quantitative estimate of drug-likeness (QED) is 0.499. The number of aromatic amines is 1. The van der Waals surface area contributed by atoms with Gasteiger partial charge in [0.15, 0.2) is 0 Å². The summed E-state index contributed by atoms with van der Waals surface area (Å²) in [5.74, 6) is 0.567. The molecular formula is C8H12N4O2. The zero-order chi connectivity index (χ0) is 10.2. The number of hydrogen-bond acceptors (Lipinski definition) is 4. The first-order valence-electron chi connectivity index (χ1n) is 4.22. The fourth-order valence-electron chi connectivity index (χ4n) is 0.907. The molecule has 0 fully saturated rings. The first kappa shape index (κ1) is 10.4. The van der Waals surface area contributed by atoms with Gasteiger partial charge in [0.1, 0.15) is 12.1 Å². The summed E-state index contributed by atoms with van der Waals surface area (Å²) in [7, 11) is 0. The van der Waals surface area contributed by atoms with E-state index in [1.54, 1.807) is 12.4 Å². The van der Waals surface area contributed by atoms with Crippen molar-refractivity contribution in [1.29, 1.82) is 0 Å². The number of aromatic nitrogens is 2. The van der Waals surface area contributed by atoms with Gasteiger partial charge in [0, 0.05) is 12.4 Å². The van der Waals surface area contributed by atoms with Gasteiger partial charge in [0.25, 0.3) is 0 Å². The van der Waals surface area contributed by atoms with Crippen LogP contribution >= 0.6 is 0 Å². The number of imidazole rings is 1. The highest BCUT2D eigenvalue weighted by molar-refractivity contribution is 5.79. The molecule has 1 aromatic heterocycles. The average molecular weight is 196 g/mol. The Bertz CT molecular complexity index is 284. The van der Waals surface area contributed by atoms with Gasteiger partial charge in [0.05, 0.1) is 19.6 Å². The highest BCUT2D eigenvalue weighted by Gasteiger charge is 1.99. The van der Waals surface area contributed by atoms with Crippen LogP contribution in [0.25, 0.3) is 0 Å². The SMILES string of the molecule is O=CCNC(=O)CNCc1ncc[nH]1. The third-order valence-electron chi connectivity index (χ3n) is 1.52. The molecule has 0 aliphatic heterocycles. The normalized spacial score (nSPS) is 9.71. The Kier molecular flexibility index (Phi) is 4.36. The Morgan fingerprint density at radius 2 is 2.50 bits per heavy atom. The van der Waals surface area contributed by atoms with Crippen molar-refractivity contribution < 1.29 is 9.59 Å². The lowest BCUT2D eigenvalue weighted by Crippen LogP contribution is -2.34. The van der Waals surface area contributed by atoms with Gasteiger partial charge in [-0.1, -0.05) is 0 Å². The van der Waals surface area contributed by atoms with E-state index in [4.69, 9.17) is 0 Å². The maximum atomic E-state index is 11.0. The third-order valence-corrected chi connectivity index (χ3v) is 1.52. The van der Waals surface area contributed by atoms with E-state index in [1.165, 1.54) is 0 Å². The standard InChI is InChI=1S/C8H12N4O2/c13-4-3-12-8(14)6-9-5-7-10-1-2-11-7/h1-2,4,9H,3,5-6H2,(H,10,11)(H,12,14). The molecule has 0 atom stereocenters. The molecule has 0 aromatic carbocycles. The van der Waals surface area contributed by atoms with Crippen LogP contribution in [0.2, 0.25) is 0 Å². The van der Waals surface area contributed by atoms with Crippen molar-refractivity contribution in [2.45, 2.75) is 6.54 Å². The van der Waals surface area contributed by atoms with Crippen LogP contribution in [0, 0.1) is 0 Å². The van der Waals surface area contributed by atoms with Crippen molar-refractivity contribution in [3.8, 4) is 0 Å². The topological polar surface area (TPSA) is 86.9 Å². The van der Waals surface area contributed by atoms with E-state index in [-0.39, 0.29) is 19.0 Å². The molecule has 0 aliphatic rings. The molecule has 1 heterocycles. The Labute approximate surface area is 81.1 Å². The zero-order valence-electron chi connectivity index (χ0n) is 7.62. The van der Waals surface area contributed by atoms with Crippen LogP contribution in [0.5, 0.6) is 0 Å². The molecule has 0 aliphatic carbocycles. The zero-order valence-corrected chi connectivity index (χ0v) is 7.62. The average Bonchev–Trinajstić information content (AvgIpc) is 2.67. The lowest BCUT2D eigenvalue weighted by Gasteiger charge is -2.02. The number of hydrogen-bond donors (Lipinski definition) is 3. The largest absolute Gasteiger partial charge is 0.348 e. The predicted octanol–water partition coefficient (Wildman–Crippen LogP) is -1.19. The molecule has 0 saturated carbocycles. The van der Waals surface area contributed by atoms with Gasteiger partial charge < -0.3 is 20.4 Å². The van der Waals surface area contributed by atoms with Crippen LogP contribution in [-0.2, 0) is 16.1 Å². The molecule has 1 amide bonds. The molecule has 1 aromatic rings. The van der Waals surface area contributed by atoms with E-state index in [2.05, 4.69) is 20.6 Å². The number of carbonyl (C=O) groups is 2. The molecule has 0 unspecified atom stereocenters. The van der Waals surface area contributed by atoms with Crippen LogP contribution < -0.4 is 10.6 Å². The summed E-state index contributed by atoms with van der Waals surface area (Å²) in [5, 5.41) is 5.29. The summed E-state index contributed by atoms with van der Waals surface area (Å²) >= 11 is 0. The molecule has 0 radical (unpaired) electrons. The molecule has 0 bridgehead atoms. The van der Waals surface area contributed by atoms with Gasteiger partial charge >= 0.3 is 0 Å². The van der Waals surface area contributed by atoms with Crippen LogP contribution in [0.4, 0.5) is 0 Å². The van der Waals surface area contributed by atoms with E-state index in [0.717, 1.165) is 5.82 Å². The number of aldehydes is 1. The monoisotopic (exact) mass is 196 g/mol. The minimum atomic E-state index is -0.205. The summed E-state index contributed by atoms with van der Waals surface area (Å²) in [5.41, 5.74) is 0. The highest BCUT2D eigenvalue weighted by Crippen LogP contribution is 1.85. The van der Waals surface area contributed by atoms with Crippen LogP contribution in [0.3, 0.4) is 0 Å². The lowest BCUT2D eigenvalue weighted by molar-refractivity contribution is -0.121. The fraction of sp³-hybridized carbons (Fsp3) is 0.375. The molecule has 76 valence electrons. The van der Waals surface area contributed by atoms with Crippen molar-refractivity contribution >= 4 is 12.2 Å². The predicted molar refractivity (Wildman–Crippen MR) is 49.4 cm³/mol. The Balaban J connectivity index is 2.09. The van der Waals surface area contributed by atoms with E-state index >= 15 is 0 Å². The number of amides is 1. The van der Waals surface area contributed by atoms with Gasteiger partial charge in [-0.2, -0.15) is 0 Å². The molecule has 1 rings (SSSR count). The van der Waals surface area contributed by atoms with Crippen LogP contribution in [0.1, 0.15) is 5.82 Å². The summed E-state index contributed by atoms with van der Waals surface area (Å²) in [6.45, 7) is 0.733. The number of carbonyl (C=O) groups excluding carboxylic acids is 2. The molecule has 0 spiro atoms. The fourth-order valence-corrected chi connectivity index (χ4v) is 0.907. The van der Waals surface area contributed by atoms with E-state index < -0.39 is 0 Å². The molecule has 6 heteroatoms. The maximum absolute atomic E-state index is 11.0. The maximum Gasteiger partial charge on any atom is 0.234 e. The number of nitrogens with zero attached hydrogens (tertiary/aromatic N) is 1. The van der Waals surface area contributed by atoms with Gasteiger partial charge in [-0.15, -0.1) is 0 Å². The second kappa shape index (κ2) is 5.87. The highest BCUT2D eigenvalue weighted by atomic mass is 16.2. The summed E-state index contributed by atoms with van der Waals surface area (Å²) in [4.78, 5) is 27.7. The second-order valence-corrected chi connectivity index (χ2v) is 2.61. The molecule has 6 nitrogen and oxygen atoms in total. The van der Waals surface area contributed by atoms with Gasteiger partial charge in [-0.3, -0.25) is 4.79 Å². The Morgan fingerprint density at radius 1 is 1.64 bits per heavy atom. The van der Waals surface area contributed by atoms with E-state index in [1.807, 2.05) is 0 Å². The van der Waals surface area contributed by atoms with Crippen molar-refractivity contribution in [2.75, 3.05) is 13.1 Å². The third kappa shape index (κ3) is 3.81. The minimum absolute atomic E-state index is 0.0568. The summed E-state index contributed by atoms with van der Waals surface area (Å²) in [6.07, 6.45) is 4.00. The molecular weight excluding hydrogens is 184 g/mol. The molecule has 3 N–H and O–H groups in total. The molecule has 14 heavy (non-hydrogen) atoms. The minimum Gasteiger partial charge on any atom is -0.348 e. The van der Waals surface area contributed by atoms with E-state index in [0.29, 0.717) is 12.8 Å². The molecule has 0 saturated heterocycles. The first-order valence-corrected chi connectivity index (χ1v) is 4.22. The summed E-state index contributed by atoms with van der Waals surface area (Å²) in [6, 6.07) is 0. The van der Waals surface area contributed by atoms with Gasteiger partial charge in [-0.05, 0) is 0 Å². The lowest BCUT2D eigenvalue weighted by atomic mass is 10.5. The van der Waals surface area contributed by atoms with Crippen molar-refractivity contribution in [3.63, 3.8) is 0 Å². The van der Waals surface area contributed by atoms with Crippen molar-refractivity contribution in [2.24, 2.45) is 0 Å². The Hall–Kier alpha value is -1.69. The first-order chi connectivity index (χ1) is 6.83. The number of rotatable bonds is 6.